The minimum absolute atomic E-state index is 0.115. The van der Waals surface area contributed by atoms with Crippen LogP contribution in [0.4, 0.5) is 0 Å². The Kier molecular flexibility index (Phi) is 2.93. The summed E-state index contributed by atoms with van der Waals surface area (Å²) in [4.78, 5) is 12.6. The Morgan fingerprint density at radius 2 is 1.54 bits per heavy atom. The summed E-state index contributed by atoms with van der Waals surface area (Å²) < 4.78 is 0.518. The van der Waals surface area contributed by atoms with Gasteiger partial charge in [-0.1, -0.05) is 78.6 Å². The Bertz CT molecular complexity index is 1180. The monoisotopic (exact) mass is 345 g/mol. The van der Waals surface area contributed by atoms with Crippen LogP contribution in [0.3, 0.4) is 0 Å². The van der Waals surface area contributed by atoms with Gasteiger partial charge in [-0.05, 0) is 44.0 Å². The fourth-order valence-corrected chi connectivity index (χ4v) is 4.48. The maximum Gasteiger partial charge on any atom is 0.263 e. The predicted molar refractivity (Wildman–Crippen MR) is 106 cm³/mol. The van der Waals surface area contributed by atoms with Gasteiger partial charge < -0.3 is 5.32 Å². The van der Waals surface area contributed by atoms with Gasteiger partial charge in [0.2, 0.25) is 0 Å². The van der Waals surface area contributed by atoms with Gasteiger partial charge in [-0.3, -0.25) is 4.79 Å². The highest BCUT2D eigenvalue weighted by Crippen LogP contribution is 2.37. The zero-order chi connectivity index (χ0) is 16.3. The van der Waals surface area contributed by atoms with Crippen molar-refractivity contribution in [2.75, 3.05) is 0 Å². The van der Waals surface area contributed by atoms with Crippen LogP contribution in [-0.4, -0.2) is 10.2 Å². The fraction of sp³-hybridized carbons (Fsp3) is 0. The highest BCUT2D eigenvalue weighted by atomic mass is 32.2. The van der Waals surface area contributed by atoms with Gasteiger partial charge in [0, 0.05) is 0 Å². The number of hydrogen-bond donors (Lipinski definition) is 1. The topological polar surface area (TPSA) is 29.1 Å². The van der Waals surface area contributed by atoms with Gasteiger partial charge in [-0.15, -0.1) is 0 Å². The van der Waals surface area contributed by atoms with Crippen LogP contribution in [0.2, 0.25) is 0 Å². The quantitative estimate of drug-likeness (QED) is 0.297. The summed E-state index contributed by atoms with van der Waals surface area (Å²) in [5.74, 6) is -0.115. The van der Waals surface area contributed by atoms with Crippen molar-refractivity contribution in [2.45, 2.75) is 0 Å². The number of benzene rings is 4. The molecule has 4 aromatic carbocycles. The predicted octanol–water partition coefficient (Wildman–Crippen LogP) is 5.07. The van der Waals surface area contributed by atoms with Gasteiger partial charge >= 0.3 is 0 Å². The molecule has 1 amide bonds. The lowest BCUT2D eigenvalue weighted by atomic mass is 9.92. The SMILES string of the molecule is O=C1NC(=S)SC1=Cc1ccc2ccc3cccc4ccc1c2c34. The molecule has 4 heteroatoms. The molecule has 0 aliphatic carbocycles. The van der Waals surface area contributed by atoms with E-state index >= 15 is 0 Å². The molecule has 24 heavy (non-hydrogen) atoms. The highest BCUT2D eigenvalue weighted by molar-refractivity contribution is 8.26. The molecule has 1 aliphatic rings. The van der Waals surface area contributed by atoms with E-state index in [2.05, 4.69) is 59.9 Å². The molecular formula is C20H11NOS2. The van der Waals surface area contributed by atoms with Crippen molar-refractivity contribution in [1.29, 1.82) is 0 Å². The van der Waals surface area contributed by atoms with Crippen LogP contribution in [0.5, 0.6) is 0 Å². The van der Waals surface area contributed by atoms with Crippen molar-refractivity contribution in [2.24, 2.45) is 0 Å². The Balaban J connectivity index is 1.86. The lowest BCUT2D eigenvalue weighted by Gasteiger charge is -2.12. The van der Waals surface area contributed by atoms with E-state index in [1.807, 2.05) is 6.08 Å². The van der Waals surface area contributed by atoms with E-state index in [-0.39, 0.29) is 5.91 Å². The summed E-state index contributed by atoms with van der Waals surface area (Å²) in [5.41, 5.74) is 1.04. The maximum absolute atomic E-state index is 12.0. The molecule has 0 unspecified atom stereocenters. The number of carbonyl (C=O) groups is 1. The van der Waals surface area contributed by atoms with Gasteiger partial charge in [-0.2, -0.15) is 0 Å². The summed E-state index contributed by atoms with van der Waals surface area (Å²) >= 11 is 6.40. The minimum Gasteiger partial charge on any atom is -0.307 e. The molecule has 0 atom stereocenters. The van der Waals surface area contributed by atoms with E-state index in [1.54, 1.807) is 0 Å². The van der Waals surface area contributed by atoms with Crippen LogP contribution in [0, 0.1) is 0 Å². The number of hydrogen-bond acceptors (Lipinski definition) is 3. The zero-order valence-corrected chi connectivity index (χ0v) is 14.1. The third-order valence-corrected chi connectivity index (χ3v) is 5.65. The first-order valence-electron chi connectivity index (χ1n) is 7.62. The van der Waals surface area contributed by atoms with Crippen LogP contribution in [0.15, 0.2) is 59.5 Å². The van der Waals surface area contributed by atoms with Gasteiger partial charge in [0.1, 0.15) is 4.32 Å². The molecule has 1 heterocycles. The van der Waals surface area contributed by atoms with Gasteiger partial charge in [0.25, 0.3) is 5.91 Å². The summed E-state index contributed by atoms with van der Waals surface area (Å²) in [6, 6.07) is 19.2. The second kappa shape index (κ2) is 5.03. The average molecular weight is 345 g/mol. The van der Waals surface area contributed by atoms with Gasteiger partial charge in [-0.25, -0.2) is 0 Å². The van der Waals surface area contributed by atoms with E-state index in [9.17, 15) is 4.79 Å². The second-order valence-electron chi connectivity index (χ2n) is 5.86. The number of rotatable bonds is 1. The number of thioether (sulfide) groups is 1. The minimum atomic E-state index is -0.115. The highest BCUT2D eigenvalue weighted by Gasteiger charge is 2.22. The van der Waals surface area contributed by atoms with Crippen molar-refractivity contribution in [3.63, 3.8) is 0 Å². The van der Waals surface area contributed by atoms with Crippen LogP contribution >= 0.6 is 24.0 Å². The normalized spacial score (nSPS) is 16.8. The summed E-state index contributed by atoms with van der Waals surface area (Å²) in [7, 11) is 0. The number of carbonyl (C=O) groups excluding carboxylic acids is 1. The lowest BCUT2D eigenvalue weighted by Crippen LogP contribution is -2.17. The molecule has 1 saturated heterocycles. The molecule has 0 spiro atoms. The number of amides is 1. The number of thiocarbonyl (C=S) groups is 1. The summed E-state index contributed by atoms with van der Waals surface area (Å²) in [6.07, 6.45) is 1.94. The first kappa shape index (κ1) is 14.0. The van der Waals surface area contributed by atoms with Crippen molar-refractivity contribution >= 4 is 72.6 Å². The molecule has 2 nitrogen and oxygen atoms in total. The van der Waals surface area contributed by atoms with Crippen LogP contribution < -0.4 is 5.32 Å². The van der Waals surface area contributed by atoms with Gasteiger partial charge in [0.15, 0.2) is 0 Å². The van der Waals surface area contributed by atoms with E-state index in [0.29, 0.717) is 9.23 Å². The second-order valence-corrected chi connectivity index (χ2v) is 7.58. The Labute approximate surface area is 147 Å². The smallest absolute Gasteiger partial charge is 0.263 e. The average Bonchev–Trinajstić information content (AvgIpc) is 2.91. The van der Waals surface area contributed by atoms with Crippen LogP contribution in [0.25, 0.3) is 38.4 Å². The van der Waals surface area contributed by atoms with Crippen molar-refractivity contribution in [3.8, 4) is 0 Å². The molecule has 1 N–H and O–H groups in total. The molecule has 0 radical (unpaired) electrons. The van der Waals surface area contributed by atoms with Crippen molar-refractivity contribution in [1.82, 2.24) is 5.32 Å². The van der Waals surface area contributed by atoms with E-state index in [0.717, 1.165) is 10.9 Å². The Hall–Kier alpha value is -2.43. The maximum atomic E-state index is 12.0. The third-order valence-electron chi connectivity index (χ3n) is 4.49. The molecular weight excluding hydrogens is 334 g/mol. The molecule has 4 aromatic rings. The first-order valence-corrected chi connectivity index (χ1v) is 8.84. The largest absolute Gasteiger partial charge is 0.307 e. The Morgan fingerprint density at radius 3 is 2.25 bits per heavy atom. The van der Waals surface area contributed by atoms with Crippen LogP contribution in [0.1, 0.15) is 5.56 Å². The summed E-state index contributed by atoms with van der Waals surface area (Å²) in [6.45, 7) is 0. The fourth-order valence-electron chi connectivity index (χ4n) is 3.45. The van der Waals surface area contributed by atoms with Crippen molar-refractivity contribution in [3.05, 3.63) is 65.1 Å². The van der Waals surface area contributed by atoms with Gasteiger partial charge in [0.05, 0.1) is 4.91 Å². The molecule has 114 valence electrons. The van der Waals surface area contributed by atoms with E-state index < -0.39 is 0 Å². The first-order chi connectivity index (χ1) is 11.7. The molecule has 5 rings (SSSR count). The van der Waals surface area contributed by atoms with E-state index in [1.165, 1.54) is 38.7 Å². The molecule has 0 aromatic heterocycles. The van der Waals surface area contributed by atoms with Crippen LogP contribution in [-0.2, 0) is 4.79 Å². The molecule has 1 aliphatic heterocycles. The summed E-state index contributed by atoms with van der Waals surface area (Å²) in [5, 5.41) is 10.1. The standard InChI is InChI=1S/C20H11NOS2/c22-19-16(24-20(23)21-19)10-14-7-6-13-5-4-11-2-1-3-12-8-9-15(14)18(13)17(11)12/h1-10H,(H,21,22,23). The lowest BCUT2D eigenvalue weighted by molar-refractivity contribution is -0.115. The molecule has 0 saturated carbocycles. The third kappa shape index (κ3) is 1.97. The Morgan fingerprint density at radius 1 is 0.875 bits per heavy atom. The molecule has 1 fully saturated rings. The van der Waals surface area contributed by atoms with E-state index in [4.69, 9.17) is 12.2 Å². The molecule has 0 bridgehead atoms. The zero-order valence-electron chi connectivity index (χ0n) is 12.5. The van der Waals surface area contributed by atoms with Crippen molar-refractivity contribution < 1.29 is 4.79 Å². The number of nitrogens with one attached hydrogen (secondary N) is 1.